The molecule has 0 saturated heterocycles. The van der Waals surface area contributed by atoms with Crippen molar-refractivity contribution in [2.45, 2.75) is 33.2 Å². The molecule has 1 aromatic rings. The molecule has 0 aliphatic heterocycles. The maximum absolute atomic E-state index is 3.60. The second kappa shape index (κ2) is 5.19. The third-order valence-electron chi connectivity index (χ3n) is 3.91. The van der Waals surface area contributed by atoms with Crippen LogP contribution >= 0.6 is 0 Å². The number of hydrogen-bond acceptors (Lipinski definition) is 2. The first-order valence-corrected chi connectivity index (χ1v) is 6.57. The van der Waals surface area contributed by atoms with Gasteiger partial charge in [-0.2, -0.15) is 0 Å². The topological polar surface area (TPSA) is 24.1 Å². The van der Waals surface area contributed by atoms with E-state index in [1.54, 1.807) is 0 Å². The Morgan fingerprint density at radius 2 is 1.88 bits per heavy atom. The molecule has 0 aromatic heterocycles. The van der Waals surface area contributed by atoms with E-state index in [0.29, 0.717) is 5.41 Å². The Morgan fingerprint density at radius 1 is 1.12 bits per heavy atom. The van der Waals surface area contributed by atoms with E-state index >= 15 is 0 Å². The molecule has 94 valence electrons. The van der Waals surface area contributed by atoms with Crippen LogP contribution < -0.4 is 10.6 Å². The van der Waals surface area contributed by atoms with Crippen LogP contribution in [-0.2, 0) is 6.54 Å². The van der Waals surface area contributed by atoms with Gasteiger partial charge in [-0.1, -0.05) is 18.2 Å². The zero-order chi connectivity index (χ0) is 12.3. The van der Waals surface area contributed by atoms with Crippen LogP contribution in [0, 0.1) is 19.3 Å². The highest BCUT2D eigenvalue weighted by molar-refractivity contribution is 5.29. The van der Waals surface area contributed by atoms with Crippen LogP contribution in [0.3, 0.4) is 0 Å². The van der Waals surface area contributed by atoms with Gasteiger partial charge in [-0.15, -0.1) is 0 Å². The molecule has 0 amide bonds. The molecule has 0 heterocycles. The molecule has 2 heteroatoms. The van der Waals surface area contributed by atoms with E-state index in [2.05, 4.69) is 42.7 Å². The largest absolute Gasteiger partial charge is 0.319 e. The highest BCUT2D eigenvalue weighted by Gasteiger charge is 2.41. The first-order valence-electron chi connectivity index (χ1n) is 6.57. The average molecular weight is 232 g/mol. The first-order chi connectivity index (χ1) is 8.15. The Balaban J connectivity index is 1.80. The molecule has 0 atom stereocenters. The summed E-state index contributed by atoms with van der Waals surface area (Å²) in [6.45, 7) is 7.63. The predicted octanol–water partition coefficient (Wildman–Crippen LogP) is 2.39. The van der Waals surface area contributed by atoms with Crippen molar-refractivity contribution in [3.05, 3.63) is 34.9 Å². The summed E-state index contributed by atoms with van der Waals surface area (Å²) >= 11 is 0. The highest BCUT2D eigenvalue weighted by atomic mass is 14.9. The molecule has 1 fully saturated rings. The second-order valence-corrected chi connectivity index (χ2v) is 5.55. The van der Waals surface area contributed by atoms with Crippen LogP contribution in [0.15, 0.2) is 18.2 Å². The highest BCUT2D eigenvalue weighted by Crippen LogP contribution is 2.44. The summed E-state index contributed by atoms with van der Waals surface area (Å²) in [6, 6.07) is 6.74. The van der Waals surface area contributed by atoms with E-state index in [0.717, 1.165) is 19.6 Å². The third-order valence-corrected chi connectivity index (χ3v) is 3.91. The lowest BCUT2D eigenvalue weighted by molar-refractivity contribution is 0.438. The summed E-state index contributed by atoms with van der Waals surface area (Å²) in [5.41, 5.74) is 4.71. The van der Waals surface area contributed by atoms with Gasteiger partial charge in [0.15, 0.2) is 0 Å². The molecule has 2 rings (SSSR count). The Kier molecular flexibility index (Phi) is 3.85. The van der Waals surface area contributed by atoms with Crippen molar-refractivity contribution in [2.24, 2.45) is 5.41 Å². The van der Waals surface area contributed by atoms with E-state index in [1.165, 1.54) is 29.5 Å². The van der Waals surface area contributed by atoms with Crippen LogP contribution in [-0.4, -0.2) is 20.1 Å². The van der Waals surface area contributed by atoms with Gasteiger partial charge in [-0.3, -0.25) is 0 Å². The fourth-order valence-corrected chi connectivity index (χ4v) is 2.35. The van der Waals surface area contributed by atoms with Gasteiger partial charge >= 0.3 is 0 Å². The van der Waals surface area contributed by atoms with E-state index < -0.39 is 0 Å². The van der Waals surface area contributed by atoms with Crippen molar-refractivity contribution in [3.8, 4) is 0 Å². The van der Waals surface area contributed by atoms with Gasteiger partial charge in [0.1, 0.15) is 0 Å². The van der Waals surface area contributed by atoms with Crippen LogP contribution in [0.1, 0.15) is 29.5 Å². The predicted molar refractivity (Wildman–Crippen MR) is 73.2 cm³/mol. The van der Waals surface area contributed by atoms with E-state index in [9.17, 15) is 0 Å². The number of benzene rings is 1. The normalized spacial score (nSPS) is 17.1. The minimum atomic E-state index is 0.550. The van der Waals surface area contributed by atoms with Crippen molar-refractivity contribution in [1.29, 1.82) is 0 Å². The smallest absolute Gasteiger partial charge is 0.0205 e. The molecular weight excluding hydrogens is 208 g/mol. The lowest BCUT2D eigenvalue weighted by Crippen LogP contribution is -2.31. The lowest BCUT2D eigenvalue weighted by Gasteiger charge is -2.15. The quantitative estimate of drug-likeness (QED) is 0.787. The van der Waals surface area contributed by atoms with Crippen LogP contribution in [0.4, 0.5) is 0 Å². The van der Waals surface area contributed by atoms with Crippen LogP contribution in [0.25, 0.3) is 0 Å². The van der Waals surface area contributed by atoms with Gasteiger partial charge in [0.25, 0.3) is 0 Å². The first kappa shape index (κ1) is 12.6. The maximum Gasteiger partial charge on any atom is 0.0205 e. The summed E-state index contributed by atoms with van der Waals surface area (Å²) in [6.07, 6.45) is 2.74. The van der Waals surface area contributed by atoms with Gasteiger partial charge in [-0.25, -0.2) is 0 Å². The summed E-state index contributed by atoms with van der Waals surface area (Å²) in [7, 11) is 2.05. The molecule has 0 spiro atoms. The molecule has 17 heavy (non-hydrogen) atoms. The molecular formula is C15H24N2. The van der Waals surface area contributed by atoms with Crippen molar-refractivity contribution in [2.75, 3.05) is 20.1 Å². The van der Waals surface area contributed by atoms with Gasteiger partial charge in [-0.05, 0) is 55.8 Å². The summed E-state index contributed by atoms with van der Waals surface area (Å²) in [4.78, 5) is 0. The third kappa shape index (κ3) is 3.30. The van der Waals surface area contributed by atoms with Gasteiger partial charge in [0.05, 0.1) is 0 Å². The molecule has 2 nitrogen and oxygen atoms in total. The van der Waals surface area contributed by atoms with Gasteiger partial charge < -0.3 is 10.6 Å². The maximum atomic E-state index is 3.60. The molecule has 1 saturated carbocycles. The molecule has 0 radical (unpaired) electrons. The standard InChI is InChI=1S/C15H24N2/c1-12-4-5-14(8-13(12)2)9-17-11-15(6-7-15)10-16-3/h4-5,8,16-17H,6-7,9-11H2,1-3H3. The number of aryl methyl sites for hydroxylation is 2. The van der Waals surface area contributed by atoms with Crippen molar-refractivity contribution in [3.63, 3.8) is 0 Å². The zero-order valence-corrected chi connectivity index (χ0v) is 11.3. The fraction of sp³-hybridized carbons (Fsp3) is 0.600. The lowest BCUT2D eigenvalue weighted by atomic mass is 10.1. The summed E-state index contributed by atoms with van der Waals surface area (Å²) in [5, 5.41) is 6.89. The molecule has 1 aliphatic carbocycles. The Morgan fingerprint density at radius 3 is 2.47 bits per heavy atom. The minimum Gasteiger partial charge on any atom is -0.319 e. The minimum absolute atomic E-state index is 0.550. The van der Waals surface area contributed by atoms with E-state index in [1.807, 2.05) is 7.05 Å². The van der Waals surface area contributed by atoms with E-state index in [4.69, 9.17) is 0 Å². The summed E-state index contributed by atoms with van der Waals surface area (Å²) in [5.74, 6) is 0. The second-order valence-electron chi connectivity index (χ2n) is 5.55. The Labute approximate surface area is 105 Å². The number of hydrogen-bond donors (Lipinski definition) is 2. The number of nitrogens with one attached hydrogen (secondary N) is 2. The van der Waals surface area contributed by atoms with Crippen LogP contribution in [0.2, 0.25) is 0 Å². The van der Waals surface area contributed by atoms with Crippen molar-refractivity contribution in [1.82, 2.24) is 10.6 Å². The van der Waals surface area contributed by atoms with Crippen LogP contribution in [0.5, 0.6) is 0 Å². The van der Waals surface area contributed by atoms with Gasteiger partial charge in [0, 0.05) is 19.6 Å². The van der Waals surface area contributed by atoms with E-state index in [-0.39, 0.29) is 0 Å². The fourth-order valence-electron chi connectivity index (χ4n) is 2.35. The molecule has 1 aliphatic rings. The molecule has 1 aromatic carbocycles. The monoisotopic (exact) mass is 232 g/mol. The molecule has 0 unspecified atom stereocenters. The Hall–Kier alpha value is -0.860. The number of rotatable bonds is 6. The molecule has 2 N–H and O–H groups in total. The zero-order valence-electron chi connectivity index (χ0n) is 11.3. The van der Waals surface area contributed by atoms with Crippen molar-refractivity contribution < 1.29 is 0 Å². The molecule has 0 bridgehead atoms. The Bertz CT molecular complexity index is 381. The van der Waals surface area contributed by atoms with Crippen molar-refractivity contribution >= 4 is 0 Å². The SMILES string of the molecule is CNCC1(CNCc2ccc(C)c(C)c2)CC1. The van der Waals surface area contributed by atoms with Gasteiger partial charge in [0.2, 0.25) is 0 Å². The summed E-state index contributed by atoms with van der Waals surface area (Å²) < 4.78 is 0. The average Bonchev–Trinajstić information content (AvgIpc) is 3.04.